The minimum absolute atomic E-state index is 0.122. The molecular formula is C18H16N2O. The number of aliphatic hydroxyl groups is 1. The summed E-state index contributed by atoms with van der Waals surface area (Å²) in [6.45, 7) is 0.656. The second-order valence-corrected chi connectivity index (χ2v) is 4.67. The third-order valence-corrected chi connectivity index (χ3v) is 3.12. The van der Waals surface area contributed by atoms with Crippen LogP contribution in [0.5, 0.6) is 0 Å². The van der Waals surface area contributed by atoms with Crippen LogP contribution in [0.25, 0.3) is 0 Å². The lowest BCUT2D eigenvalue weighted by atomic mass is 10.1. The van der Waals surface area contributed by atoms with E-state index in [4.69, 9.17) is 10.4 Å². The van der Waals surface area contributed by atoms with Crippen LogP contribution in [0.2, 0.25) is 0 Å². The van der Waals surface area contributed by atoms with Gasteiger partial charge in [0.1, 0.15) is 6.61 Å². The van der Waals surface area contributed by atoms with Gasteiger partial charge < -0.3 is 10.0 Å². The molecule has 0 fully saturated rings. The monoisotopic (exact) mass is 276 g/mol. The molecule has 1 N–H and O–H groups in total. The van der Waals surface area contributed by atoms with Crippen LogP contribution < -0.4 is 4.90 Å². The summed E-state index contributed by atoms with van der Waals surface area (Å²) in [6, 6.07) is 17.6. The maximum absolute atomic E-state index is 8.80. The number of benzene rings is 2. The highest BCUT2D eigenvalue weighted by Crippen LogP contribution is 2.16. The maximum Gasteiger partial charge on any atom is 0.104 e. The third kappa shape index (κ3) is 4.11. The Morgan fingerprint density at radius 1 is 1.00 bits per heavy atom. The molecule has 0 saturated carbocycles. The van der Waals surface area contributed by atoms with Crippen molar-refractivity contribution in [3.63, 3.8) is 0 Å². The first kappa shape index (κ1) is 14.7. The normalized spacial score (nSPS) is 9.38. The van der Waals surface area contributed by atoms with E-state index in [1.807, 2.05) is 55.6 Å². The van der Waals surface area contributed by atoms with Gasteiger partial charge in [0.15, 0.2) is 0 Å². The van der Waals surface area contributed by atoms with Crippen molar-refractivity contribution in [2.75, 3.05) is 18.6 Å². The fourth-order valence-electron chi connectivity index (χ4n) is 1.99. The van der Waals surface area contributed by atoms with Crippen molar-refractivity contribution < 1.29 is 5.11 Å². The molecule has 0 atom stereocenters. The topological polar surface area (TPSA) is 47.3 Å². The van der Waals surface area contributed by atoms with Crippen LogP contribution in [0.4, 0.5) is 5.69 Å². The van der Waals surface area contributed by atoms with Crippen LogP contribution in [0.3, 0.4) is 0 Å². The largest absolute Gasteiger partial charge is 0.384 e. The molecule has 0 bridgehead atoms. The van der Waals surface area contributed by atoms with Crippen molar-refractivity contribution in [2.24, 2.45) is 0 Å². The van der Waals surface area contributed by atoms with Gasteiger partial charge in [0, 0.05) is 24.8 Å². The van der Waals surface area contributed by atoms with Crippen LogP contribution >= 0.6 is 0 Å². The lowest BCUT2D eigenvalue weighted by molar-refractivity contribution is 0.350. The highest BCUT2D eigenvalue weighted by Gasteiger charge is 2.02. The van der Waals surface area contributed by atoms with Crippen LogP contribution in [0, 0.1) is 23.2 Å². The van der Waals surface area contributed by atoms with Crippen molar-refractivity contribution in [2.45, 2.75) is 6.54 Å². The lowest BCUT2D eigenvalue weighted by Crippen LogP contribution is -2.16. The number of aliphatic hydroxyl groups excluding tert-OH is 1. The van der Waals surface area contributed by atoms with Gasteiger partial charge in [0.05, 0.1) is 11.6 Å². The van der Waals surface area contributed by atoms with Gasteiger partial charge in [-0.25, -0.2) is 0 Å². The van der Waals surface area contributed by atoms with Gasteiger partial charge in [0.25, 0.3) is 0 Å². The molecule has 0 saturated heterocycles. The SMILES string of the molecule is CN(Cc1ccc(C#CCO)cc1)c1ccc(C#N)cc1. The molecule has 0 aromatic heterocycles. The summed E-state index contributed by atoms with van der Waals surface area (Å²) in [5.41, 5.74) is 3.81. The van der Waals surface area contributed by atoms with E-state index < -0.39 is 0 Å². The zero-order valence-electron chi connectivity index (χ0n) is 11.9. The number of nitrogens with zero attached hydrogens (tertiary/aromatic N) is 2. The summed E-state index contributed by atoms with van der Waals surface area (Å²) < 4.78 is 0. The van der Waals surface area contributed by atoms with Gasteiger partial charge in [-0.05, 0) is 42.0 Å². The molecule has 0 aliphatic heterocycles. The summed E-state index contributed by atoms with van der Waals surface area (Å²) in [5, 5.41) is 17.5. The van der Waals surface area contributed by atoms with E-state index in [-0.39, 0.29) is 6.61 Å². The van der Waals surface area contributed by atoms with Gasteiger partial charge in [-0.1, -0.05) is 24.0 Å². The van der Waals surface area contributed by atoms with E-state index in [1.165, 1.54) is 5.56 Å². The molecule has 3 nitrogen and oxygen atoms in total. The van der Waals surface area contributed by atoms with Crippen molar-refractivity contribution in [1.82, 2.24) is 0 Å². The molecular weight excluding hydrogens is 260 g/mol. The van der Waals surface area contributed by atoms with E-state index in [0.29, 0.717) is 5.56 Å². The van der Waals surface area contributed by atoms with E-state index >= 15 is 0 Å². The van der Waals surface area contributed by atoms with Gasteiger partial charge in [0.2, 0.25) is 0 Å². The molecule has 0 spiro atoms. The predicted molar refractivity (Wildman–Crippen MR) is 83.7 cm³/mol. The van der Waals surface area contributed by atoms with Crippen molar-refractivity contribution in [1.29, 1.82) is 5.26 Å². The van der Waals surface area contributed by atoms with Gasteiger partial charge >= 0.3 is 0 Å². The number of rotatable bonds is 3. The molecule has 2 aromatic rings. The van der Waals surface area contributed by atoms with Gasteiger partial charge in [-0.2, -0.15) is 5.26 Å². The van der Waals surface area contributed by atoms with Gasteiger partial charge in [-0.15, -0.1) is 0 Å². The number of hydrogen-bond acceptors (Lipinski definition) is 3. The third-order valence-electron chi connectivity index (χ3n) is 3.12. The Morgan fingerprint density at radius 2 is 1.62 bits per heavy atom. The maximum atomic E-state index is 8.80. The molecule has 0 unspecified atom stereocenters. The van der Waals surface area contributed by atoms with Crippen LogP contribution in [0.15, 0.2) is 48.5 Å². The molecule has 2 aromatic carbocycles. The summed E-state index contributed by atoms with van der Waals surface area (Å²) in [6.07, 6.45) is 0. The van der Waals surface area contributed by atoms with Gasteiger partial charge in [-0.3, -0.25) is 0 Å². The number of hydrogen-bond donors (Lipinski definition) is 1. The minimum atomic E-state index is -0.122. The molecule has 2 rings (SSSR count). The zero-order valence-corrected chi connectivity index (χ0v) is 11.9. The molecule has 0 radical (unpaired) electrons. The molecule has 21 heavy (non-hydrogen) atoms. The smallest absolute Gasteiger partial charge is 0.104 e. The van der Waals surface area contributed by atoms with Crippen molar-refractivity contribution in [3.05, 3.63) is 65.2 Å². The minimum Gasteiger partial charge on any atom is -0.384 e. The Kier molecular flexibility index (Phi) is 4.99. The first-order valence-electron chi connectivity index (χ1n) is 6.63. The lowest BCUT2D eigenvalue weighted by Gasteiger charge is -2.19. The second-order valence-electron chi connectivity index (χ2n) is 4.67. The fraction of sp³-hybridized carbons (Fsp3) is 0.167. The second kappa shape index (κ2) is 7.14. The Hall–Kier alpha value is -2.75. The molecule has 104 valence electrons. The summed E-state index contributed by atoms with van der Waals surface area (Å²) >= 11 is 0. The van der Waals surface area contributed by atoms with Crippen LogP contribution in [-0.2, 0) is 6.54 Å². The van der Waals surface area contributed by atoms with E-state index in [1.54, 1.807) is 0 Å². The standard InChI is InChI=1S/C18H16N2O/c1-20(18-10-8-16(13-19)9-11-18)14-17-6-4-15(5-7-17)3-2-12-21/h4-11,21H,12,14H2,1H3. The van der Waals surface area contributed by atoms with E-state index in [2.05, 4.69) is 22.8 Å². The van der Waals surface area contributed by atoms with Crippen molar-refractivity contribution in [3.8, 4) is 17.9 Å². The Balaban J connectivity index is 2.04. The molecule has 0 aliphatic rings. The highest BCUT2D eigenvalue weighted by molar-refractivity contribution is 5.49. The average Bonchev–Trinajstić information content (AvgIpc) is 2.54. The zero-order chi connectivity index (χ0) is 15.1. The molecule has 3 heteroatoms. The first-order chi connectivity index (χ1) is 10.2. The van der Waals surface area contributed by atoms with Crippen LogP contribution in [0.1, 0.15) is 16.7 Å². The Bertz CT molecular complexity index is 685. The average molecular weight is 276 g/mol. The summed E-state index contributed by atoms with van der Waals surface area (Å²) in [4.78, 5) is 2.12. The number of anilines is 1. The molecule has 0 aliphatic carbocycles. The fourth-order valence-corrected chi connectivity index (χ4v) is 1.99. The molecule has 0 amide bonds. The van der Waals surface area contributed by atoms with E-state index in [0.717, 1.165) is 17.8 Å². The molecule has 0 heterocycles. The number of nitriles is 1. The Labute approximate surface area is 125 Å². The predicted octanol–water partition coefficient (Wildman–Crippen LogP) is 2.54. The summed E-state index contributed by atoms with van der Waals surface area (Å²) in [5.74, 6) is 5.51. The first-order valence-corrected chi connectivity index (χ1v) is 6.63. The van der Waals surface area contributed by atoms with E-state index in [9.17, 15) is 0 Å². The Morgan fingerprint density at radius 3 is 2.19 bits per heavy atom. The highest BCUT2D eigenvalue weighted by atomic mass is 16.2. The van der Waals surface area contributed by atoms with Crippen molar-refractivity contribution >= 4 is 5.69 Å². The van der Waals surface area contributed by atoms with Crippen LogP contribution in [-0.4, -0.2) is 18.8 Å². The summed E-state index contributed by atoms with van der Waals surface area (Å²) in [7, 11) is 2.01. The quantitative estimate of drug-likeness (QED) is 0.876.